The zero-order chi connectivity index (χ0) is 24.8. The van der Waals surface area contributed by atoms with Gasteiger partial charge in [-0.2, -0.15) is 0 Å². The van der Waals surface area contributed by atoms with Crippen LogP contribution >= 0.6 is 0 Å². The standard InChI is InChI=1S/C27H27N3O5/c1-3-15-30-24(18-10-6-5-7-11-18)22(26(32)34-4-2)23(29-27(30)33)19-12-8-13-20(17-19)28-25(31)21-14-9-16-35-21/h5-14,16-17,23H,3-4,15H2,1-2H3,(H,28,31)(H,29,33). The Labute approximate surface area is 203 Å². The van der Waals surface area contributed by atoms with Gasteiger partial charge in [-0.3, -0.25) is 9.69 Å². The van der Waals surface area contributed by atoms with E-state index in [9.17, 15) is 14.4 Å². The number of carbonyl (C=O) groups excluding carboxylic acids is 3. The van der Waals surface area contributed by atoms with Gasteiger partial charge in [0.2, 0.25) is 0 Å². The van der Waals surface area contributed by atoms with Gasteiger partial charge >= 0.3 is 12.0 Å². The summed E-state index contributed by atoms with van der Waals surface area (Å²) in [7, 11) is 0. The summed E-state index contributed by atoms with van der Waals surface area (Å²) in [6.07, 6.45) is 2.13. The minimum Gasteiger partial charge on any atom is -0.463 e. The van der Waals surface area contributed by atoms with E-state index in [2.05, 4.69) is 10.6 Å². The van der Waals surface area contributed by atoms with Crippen LogP contribution in [0.2, 0.25) is 0 Å². The molecule has 2 N–H and O–H groups in total. The molecule has 1 unspecified atom stereocenters. The lowest BCUT2D eigenvalue weighted by Gasteiger charge is -2.37. The molecule has 0 radical (unpaired) electrons. The van der Waals surface area contributed by atoms with Crippen LogP contribution < -0.4 is 10.6 Å². The molecule has 0 fully saturated rings. The number of furan rings is 1. The van der Waals surface area contributed by atoms with E-state index in [4.69, 9.17) is 9.15 Å². The van der Waals surface area contributed by atoms with Gasteiger partial charge in [0.1, 0.15) is 0 Å². The Kier molecular flexibility index (Phi) is 7.30. The summed E-state index contributed by atoms with van der Waals surface area (Å²) in [5.74, 6) is -0.738. The number of nitrogens with one attached hydrogen (secondary N) is 2. The first kappa shape index (κ1) is 23.8. The highest BCUT2D eigenvalue weighted by molar-refractivity contribution is 6.05. The second-order valence-electron chi connectivity index (χ2n) is 7.94. The highest BCUT2D eigenvalue weighted by Gasteiger charge is 2.38. The number of ether oxygens (including phenoxy) is 1. The zero-order valence-corrected chi connectivity index (χ0v) is 19.6. The predicted octanol–water partition coefficient (Wildman–Crippen LogP) is 4.98. The monoisotopic (exact) mass is 473 g/mol. The van der Waals surface area contributed by atoms with Gasteiger partial charge in [0, 0.05) is 12.2 Å². The topological polar surface area (TPSA) is 101 Å². The fraction of sp³-hybridized carbons (Fsp3) is 0.222. The van der Waals surface area contributed by atoms with Gasteiger partial charge in [0.15, 0.2) is 5.76 Å². The van der Waals surface area contributed by atoms with Crippen molar-refractivity contribution in [1.82, 2.24) is 10.2 Å². The van der Waals surface area contributed by atoms with Crippen LogP contribution in [0.25, 0.3) is 5.70 Å². The fourth-order valence-corrected chi connectivity index (χ4v) is 4.07. The Morgan fingerprint density at radius 1 is 1.06 bits per heavy atom. The lowest BCUT2D eigenvalue weighted by atomic mass is 9.91. The number of esters is 1. The molecule has 3 amide bonds. The third-order valence-corrected chi connectivity index (χ3v) is 5.54. The lowest BCUT2D eigenvalue weighted by Crippen LogP contribution is -2.48. The summed E-state index contributed by atoms with van der Waals surface area (Å²) in [5, 5.41) is 5.75. The molecule has 0 saturated heterocycles. The van der Waals surface area contributed by atoms with E-state index in [0.717, 1.165) is 5.56 Å². The molecule has 1 aromatic heterocycles. The van der Waals surface area contributed by atoms with Crippen molar-refractivity contribution in [2.75, 3.05) is 18.5 Å². The van der Waals surface area contributed by atoms with Crippen LogP contribution in [-0.4, -0.2) is 36.0 Å². The van der Waals surface area contributed by atoms with Crippen molar-refractivity contribution in [3.63, 3.8) is 0 Å². The molecule has 4 rings (SSSR count). The van der Waals surface area contributed by atoms with E-state index in [0.29, 0.717) is 35.5 Å². The van der Waals surface area contributed by atoms with Crippen LogP contribution in [0.5, 0.6) is 0 Å². The first-order valence-electron chi connectivity index (χ1n) is 11.5. The first-order chi connectivity index (χ1) is 17.0. The maximum absolute atomic E-state index is 13.3. The molecule has 8 nitrogen and oxygen atoms in total. The van der Waals surface area contributed by atoms with E-state index >= 15 is 0 Å². The number of carbonyl (C=O) groups is 3. The molecule has 180 valence electrons. The molecule has 3 aromatic rings. The summed E-state index contributed by atoms with van der Waals surface area (Å²) in [6.45, 7) is 4.34. The van der Waals surface area contributed by atoms with Crippen molar-refractivity contribution < 1.29 is 23.5 Å². The maximum atomic E-state index is 13.3. The van der Waals surface area contributed by atoms with Crippen molar-refractivity contribution in [1.29, 1.82) is 0 Å². The van der Waals surface area contributed by atoms with E-state index in [1.165, 1.54) is 6.26 Å². The number of nitrogens with zero attached hydrogens (tertiary/aromatic N) is 1. The normalized spacial score (nSPS) is 15.5. The Bertz CT molecular complexity index is 1230. The highest BCUT2D eigenvalue weighted by atomic mass is 16.5. The van der Waals surface area contributed by atoms with Gasteiger partial charge < -0.3 is 19.8 Å². The maximum Gasteiger partial charge on any atom is 0.338 e. The van der Waals surface area contributed by atoms with E-state index in [-0.39, 0.29) is 18.4 Å². The Hall–Kier alpha value is -4.33. The molecular formula is C27H27N3O5. The Morgan fingerprint density at radius 2 is 1.86 bits per heavy atom. The molecule has 1 atom stereocenters. The van der Waals surface area contributed by atoms with E-state index in [1.54, 1.807) is 48.2 Å². The van der Waals surface area contributed by atoms with Crippen LogP contribution in [0.3, 0.4) is 0 Å². The average molecular weight is 474 g/mol. The van der Waals surface area contributed by atoms with Gasteiger partial charge in [0.25, 0.3) is 5.91 Å². The van der Waals surface area contributed by atoms with Crippen molar-refractivity contribution in [3.05, 3.63) is 95.5 Å². The lowest BCUT2D eigenvalue weighted by molar-refractivity contribution is -0.138. The van der Waals surface area contributed by atoms with Crippen molar-refractivity contribution in [3.8, 4) is 0 Å². The number of benzene rings is 2. The van der Waals surface area contributed by atoms with Gasteiger partial charge in [-0.15, -0.1) is 0 Å². The summed E-state index contributed by atoms with van der Waals surface area (Å²) in [5.41, 5.74) is 2.72. The van der Waals surface area contributed by atoms with Crippen LogP contribution in [0.4, 0.5) is 10.5 Å². The molecule has 8 heteroatoms. The molecule has 35 heavy (non-hydrogen) atoms. The molecular weight excluding hydrogens is 446 g/mol. The van der Waals surface area contributed by atoms with Crippen molar-refractivity contribution >= 4 is 29.3 Å². The van der Waals surface area contributed by atoms with E-state index in [1.807, 2.05) is 37.3 Å². The molecule has 0 bridgehead atoms. The Balaban J connectivity index is 1.81. The average Bonchev–Trinajstić information content (AvgIpc) is 3.41. The summed E-state index contributed by atoms with van der Waals surface area (Å²) in [6, 6.07) is 18.5. The van der Waals surface area contributed by atoms with Gasteiger partial charge in [-0.1, -0.05) is 49.4 Å². The molecule has 0 aliphatic carbocycles. The molecule has 2 heterocycles. The van der Waals surface area contributed by atoms with Gasteiger partial charge in [0.05, 0.1) is 30.2 Å². The predicted molar refractivity (Wildman–Crippen MR) is 131 cm³/mol. The minimum absolute atomic E-state index is 0.176. The number of amides is 3. The molecule has 0 saturated carbocycles. The number of anilines is 1. The number of rotatable bonds is 8. The molecule has 0 spiro atoms. The first-order valence-corrected chi connectivity index (χ1v) is 11.5. The minimum atomic E-state index is -0.773. The molecule has 1 aliphatic rings. The van der Waals surface area contributed by atoms with Crippen molar-refractivity contribution in [2.45, 2.75) is 26.3 Å². The summed E-state index contributed by atoms with van der Waals surface area (Å²) >= 11 is 0. The quantitative estimate of drug-likeness (QED) is 0.449. The second kappa shape index (κ2) is 10.7. The summed E-state index contributed by atoms with van der Waals surface area (Å²) in [4.78, 5) is 40.6. The number of hydrogen-bond acceptors (Lipinski definition) is 5. The highest BCUT2D eigenvalue weighted by Crippen LogP contribution is 2.37. The van der Waals surface area contributed by atoms with Gasteiger partial charge in [-0.25, -0.2) is 9.59 Å². The molecule has 1 aliphatic heterocycles. The largest absolute Gasteiger partial charge is 0.463 e. The van der Waals surface area contributed by atoms with Crippen molar-refractivity contribution in [2.24, 2.45) is 0 Å². The smallest absolute Gasteiger partial charge is 0.338 e. The van der Waals surface area contributed by atoms with Crippen LogP contribution in [-0.2, 0) is 9.53 Å². The SMILES string of the molecule is CCCN1C(=O)NC(c2cccc(NC(=O)c3ccco3)c2)C(C(=O)OCC)=C1c1ccccc1. The third kappa shape index (κ3) is 5.11. The van der Waals surface area contributed by atoms with Crippen LogP contribution in [0.15, 0.2) is 83.0 Å². The van der Waals surface area contributed by atoms with Gasteiger partial charge in [-0.05, 0) is 48.7 Å². The number of urea groups is 1. The van der Waals surface area contributed by atoms with E-state index < -0.39 is 17.9 Å². The fourth-order valence-electron chi connectivity index (χ4n) is 4.07. The molecule has 2 aromatic carbocycles. The number of hydrogen-bond donors (Lipinski definition) is 2. The van der Waals surface area contributed by atoms with Crippen LogP contribution in [0.1, 0.15) is 48.0 Å². The second-order valence-corrected chi connectivity index (χ2v) is 7.94. The summed E-state index contributed by atoms with van der Waals surface area (Å²) < 4.78 is 10.6. The zero-order valence-electron chi connectivity index (χ0n) is 19.6. The Morgan fingerprint density at radius 3 is 2.54 bits per heavy atom. The third-order valence-electron chi connectivity index (χ3n) is 5.54. The van der Waals surface area contributed by atoms with Crippen LogP contribution in [0, 0.1) is 0 Å².